The predicted octanol–water partition coefficient (Wildman–Crippen LogP) is 4.13. The minimum absolute atomic E-state index is 0.0686. The van der Waals surface area contributed by atoms with Crippen LogP contribution in [0.5, 0.6) is 0 Å². The number of nitrogens with zero attached hydrogens (tertiary/aromatic N) is 1. The minimum Gasteiger partial charge on any atom is -0.367 e. The second kappa shape index (κ2) is 8.52. The molecule has 25 heavy (non-hydrogen) atoms. The van der Waals surface area contributed by atoms with Crippen molar-refractivity contribution >= 4 is 34.8 Å². The molecule has 0 aromatic carbocycles. The molecule has 1 N–H and O–H groups in total. The fourth-order valence-electron chi connectivity index (χ4n) is 2.78. The van der Waals surface area contributed by atoms with Crippen LogP contribution >= 0.6 is 22.9 Å². The topological polar surface area (TPSA) is 58.6 Å². The van der Waals surface area contributed by atoms with Crippen molar-refractivity contribution in [1.29, 1.82) is 0 Å². The molecule has 0 unspecified atom stereocenters. The second-order valence-corrected chi connectivity index (χ2v) is 9.43. The Hall–Kier alpha value is -1.11. The van der Waals surface area contributed by atoms with Crippen molar-refractivity contribution in [1.82, 2.24) is 10.4 Å². The SMILES string of the molecule is C[C@H](CC1CCN(OC(=O)C(C)(C)C)CC1)NC(=O)c1ccc(Cl)s1. The van der Waals surface area contributed by atoms with Crippen molar-refractivity contribution in [3.05, 3.63) is 21.3 Å². The van der Waals surface area contributed by atoms with Crippen LogP contribution in [0.25, 0.3) is 0 Å². The Morgan fingerprint density at radius 2 is 2.00 bits per heavy atom. The second-order valence-electron chi connectivity index (χ2n) is 7.72. The van der Waals surface area contributed by atoms with Gasteiger partial charge in [0.1, 0.15) is 0 Å². The summed E-state index contributed by atoms with van der Waals surface area (Å²) in [5.74, 6) is 0.258. The Kier molecular flexibility index (Phi) is 6.88. The smallest absolute Gasteiger partial charge is 0.330 e. The van der Waals surface area contributed by atoms with E-state index in [0.29, 0.717) is 15.1 Å². The summed E-state index contributed by atoms with van der Waals surface area (Å²) >= 11 is 7.16. The van der Waals surface area contributed by atoms with Crippen molar-refractivity contribution in [2.75, 3.05) is 13.1 Å². The summed E-state index contributed by atoms with van der Waals surface area (Å²) in [5.41, 5.74) is -0.486. The summed E-state index contributed by atoms with van der Waals surface area (Å²) in [7, 11) is 0. The lowest BCUT2D eigenvalue weighted by Gasteiger charge is -2.33. The first-order valence-electron chi connectivity index (χ1n) is 8.68. The molecule has 0 bridgehead atoms. The van der Waals surface area contributed by atoms with Crippen LogP contribution in [0.4, 0.5) is 0 Å². The number of thiophene rings is 1. The molecule has 1 fully saturated rings. The molecular weight excluding hydrogens is 360 g/mol. The minimum atomic E-state index is -0.486. The quantitative estimate of drug-likeness (QED) is 0.826. The first-order chi connectivity index (χ1) is 11.6. The summed E-state index contributed by atoms with van der Waals surface area (Å²) in [6, 6.07) is 3.58. The molecule has 2 rings (SSSR count). The highest BCUT2D eigenvalue weighted by Crippen LogP contribution is 2.25. The van der Waals surface area contributed by atoms with Gasteiger partial charge in [-0.05, 0) is 65.0 Å². The first kappa shape index (κ1) is 20.2. The molecule has 1 aliphatic heterocycles. The number of hydroxylamine groups is 2. The third-order valence-corrected chi connectivity index (χ3v) is 5.49. The van der Waals surface area contributed by atoms with Crippen LogP contribution in [0, 0.1) is 11.3 Å². The van der Waals surface area contributed by atoms with Gasteiger partial charge in [-0.1, -0.05) is 11.6 Å². The predicted molar refractivity (Wildman–Crippen MR) is 101 cm³/mol. The normalized spacial score (nSPS) is 18.0. The van der Waals surface area contributed by atoms with Gasteiger partial charge in [0.2, 0.25) is 0 Å². The van der Waals surface area contributed by atoms with E-state index in [-0.39, 0.29) is 17.9 Å². The van der Waals surface area contributed by atoms with Crippen molar-refractivity contribution in [2.45, 2.75) is 53.0 Å². The molecule has 0 radical (unpaired) electrons. The zero-order valence-corrected chi connectivity index (χ0v) is 16.9. The molecule has 1 aliphatic rings. The number of nitrogens with one attached hydrogen (secondary N) is 1. The van der Waals surface area contributed by atoms with E-state index < -0.39 is 5.41 Å². The Bertz CT molecular complexity index is 604. The van der Waals surface area contributed by atoms with Gasteiger partial charge in [0.15, 0.2) is 0 Å². The fraction of sp³-hybridized carbons (Fsp3) is 0.667. The lowest BCUT2D eigenvalue weighted by molar-refractivity contribution is -0.206. The van der Waals surface area contributed by atoms with Crippen molar-refractivity contribution in [3.8, 4) is 0 Å². The van der Waals surface area contributed by atoms with E-state index >= 15 is 0 Å². The zero-order chi connectivity index (χ0) is 18.6. The van der Waals surface area contributed by atoms with Gasteiger partial charge < -0.3 is 10.2 Å². The van der Waals surface area contributed by atoms with Gasteiger partial charge in [-0.2, -0.15) is 0 Å². The third-order valence-electron chi connectivity index (χ3n) is 4.26. The van der Waals surface area contributed by atoms with Crippen molar-refractivity contribution in [2.24, 2.45) is 11.3 Å². The number of carbonyl (C=O) groups is 2. The van der Waals surface area contributed by atoms with Gasteiger partial charge in [0.05, 0.1) is 14.6 Å². The number of halogens is 1. The van der Waals surface area contributed by atoms with Gasteiger partial charge in [-0.25, -0.2) is 4.79 Å². The third kappa shape index (κ3) is 6.28. The number of rotatable bonds is 5. The van der Waals surface area contributed by atoms with E-state index in [2.05, 4.69) is 5.32 Å². The molecule has 0 aliphatic carbocycles. The van der Waals surface area contributed by atoms with E-state index in [9.17, 15) is 9.59 Å². The lowest BCUT2D eigenvalue weighted by atomic mass is 9.91. The van der Waals surface area contributed by atoms with Crippen molar-refractivity contribution in [3.63, 3.8) is 0 Å². The summed E-state index contributed by atoms with van der Waals surface area (Å²) in [4.78, 5) is 30.2. The molecule has 2 heterocycles. The first-order valence-corrected chi connectivity index (χ1v) is 9.88. The molecule has 1 saturated heterocycles. The summed E-state index contributed by atoms with van der Waals surface area (Å²) in [6.07, 6.45) is 2.84. The largest absolute Gasteiger partial charge is 0.367 e. The molecule has 140 valence electrons. The van der Waals surface area contributed by atoms with Crippen LogP contribution in [0.1, 0.15) is 56.6 Å². The highest BCUT2D eigenvalue weighted by atomic mass is 35.5. The summed E-state index contributed by atoms with van der Waals surface area (Å²) < 4.78 is 0.620. The average Bonchev–Trinajstić information content (AvgIpc) is 2.95. The van der Waals surface area contributed by atoms with Gasteiger partial charge >= 0.3 is 5.97 Å². The molecule has 1 aromatic heterocycles. The molecule has 1 aromatic rings. The Morgan fingerprint density at radius 3 is 2.52 bits per heavy atom. The maximum atomic E-state index is 12.2. The van der Waals surface area contributed by atoms with E-state index in [1.165, 1.54) is 11.3 Å². The summed E-state index contributed by atoms with van der Waals surface area (Å²) in [6.45, 7) is 9.08. The number of piperidine rings is 1. The van der Waals surface area contributed by atoms with Crippen molar-refractivity contribution < 1.29 is 14.4 Å². The van der Waals surface area contributed by atoms with Gasteiger partial charge in [-0.15, -0.1) is 16.4 Å². The molecule has 0 saturated carbocycles. The lowest BCUT2D eigenvalue weighted by Crippen LogP contribution is -2.40. The maximum absolute atomic E-state index is 12.2. The highest BCUT2D eigenvalue weighted by Gasteiger charge is 2.29. The van der Waals surface area contributed by atoms with Gasteiger partial charge in [-0.3, -0.25) is 4.79 Å². The average molecular weight is 387 g/mol. The number of carbonyl (C=O) groups excluding carboxylic acids is 2. The van der Waals surface area contributed by atoms with Crippen LogP contribution in [-0.4, -0.2) is 36.1 Å². The highest BCUT2D eigenvalue weighted by molar-refractivity contribution is 7.17. The van der Waals surface area contributed by atoms with Crippen LogP contribution in [0.3, 0.4) is 0 Å². The zero-order valence-electron chi connectivity index (χ0n) is 15.3. The van der Waals surface area contributed by atoms with E-state index in [1.54, 1.807) is 17.2 Å². The van der Waals surface area contributed by atoms with Crippen LogP contribution in [-0.2, 0) is 9.63 Å². The van der Waals surface area contributed by atoms with Gasteiger partial charge in [0, 0.05) is 19.1 Å². The van der Waals surface area contributed by atoms with E-state index in [4.69, 9.17) is 16.4 Å². The van der Waals surface area contributed by atoms with Crippen LogP contribution in [0.2, 0.25) is 4.34 Å². The molecule has 1 amide bonds. The number of hydrogen-bond donors (Lipinski definition) is 1. The maximum Gasteiger partial charge on any atom is 0.330 e. The molecular formula is C18H27ClN2O3S. The Labute approximate surface area is 158 Å². The van der Waals surface area contributed by atoms with E-state index in [1.807, 2.05) is 27.7 Å². The van der Waals surface area contributed by atoms with E-state index in [0.717, 1.165) is 32.4 Å². The molecule has 5 nitrogen and oxygen atoms in total. The summed E-state index contributed by atoms with van der Waals surface area (Å²) in [5, 5.41) is 4.80. The van der Waals surface area contributed by atoms with Crippen LogP contribution in [0.15, 0.2) is 12.1 Å². The molecule has 7 heteroatoms. The fourth-order valence-corrected chi connectivity index (χ4v) is 3.73. The van der Waals surface area contributed by atoms with Gasteiger partial charge in [0.25, 0.3) is 5.91 Å². The molecule has 1 atom stereocenters. The number of amides is 1. The standard InChI is InChI=1S/C18H27ClN2O3S/c1-12(20-16(22)14-5-6-15(19)25-14)11-13-7-9-21(10-8-13)24-17(23)18(2,3)4/h5-6,12-13H,7-11H2,1-4H3,(H,20,22)/t12-/m1/s1. The number of hydrogen-bond acceptors (Lipinski definition) is 5. The van der Waals surface area contributed by atoms with Crippen LogP contribution < -0.4 is 5.32 Å². The monoisotopic (exact) mass is 386 g/mol. The molecule has 0 spiro atoms. The Balaban J connectivity index is 1.72. The Morgan fingerprint density at radius 1 is 1.36 bits per heavy atom.